The van der Waals surface area contributed by atoms with Gasteiger partial charge in [-0.2, -0.15) is 11.8 Å². The maximum absolute atomic E-state index is 4.27. The van der Waals surface area contributed by atoms with E-state index in [1.165, 1.54) is 23.5 Å². The zero-order valence-electron chi connectivity index (χ0n) is 11.4. The van der Waals surface area contributed by atoms with Crippen LogP contribution in [-0.4, -0.2) is 30.1 Å². The number of aliphatic imine (C=N–C) groups is 1. The first-order valence-electron chi connectivity index (χ1n) is 6.33. The number of nitrogens with zero attached hydrogens (tertiary/aromatic N) is 1. The Hall–Kier alpha value is 0.0500. The molecule has 1 aromatic heterocycles. The van der Waals surface area contributed by atoms with Gasteiger partial charge in [0.25, 0.3) is 0 Å². The monoisotopic (exact) mass is 411 g/mol. The quantitative estimate of drug-likeness (QED) is 0.454. The Balaban J connectivity index is 0.00000180. The van der Waals surface area contributed by atoms with Gasteiger partial charge in [0.1, 0.15) is 0 Å². The molecule has 1 aliphatic rings. The van der Waals surface area contributed by atoms with Gasteiger partial charge in [-0.1, -0.05) is 6.07 Å². The lowest BCUT2D eigenvalue weighted by molar-refractivity contribution is 0.585. The van der Waals surface area contributed by atoms with Crippen LogP contribution in [0.4, 0.5) is 0 Å². The van der Waals surface area contributed by atoms with Gasteiger partial charge in [0.2, 0.25) is 0 Å². The van der Waals surface area contributed by atoms with E-state index in [4.69, 9.17) is 0 Å². The number of thioether (sulfide) groups is 1. The third kappa shape index (κ3) is 5.51. The average Bonchev–Trinajstić information content (AvgIpc) is 3.01. The first kappa shape index (κ1) is 17.1. The van der Waals surface area contributed by atoms with Crippen molar-refractivity contribution in [2.24, 2.45) is 4.99 Å². The van der Waals surface area contributed by atoms with Crippen LogP contribution in [0.15, 0.2) is 22.5 Å². The molecule has 108 valence electrons. The number of hydrogen-bond donors (Lipinski definition) is 2. The van der Waals surface area contributed by atoms with Gasteiger partial charge in [-0.25, -0.2) is 0 Å². The third-order valence-corrected chi connectivity index (χ3v) is 5.58. The molecule has 2 N–H and O–H groups in total. The Morgan fingerprint density at radius 3 is 2.89 bits per heavy atom. The molecule has 1 aromatic rings. The molecular formula is C13H22IN3S2. The summed E-state index contributed by atoms with van der Waals surface area (Å²) in [6.45, 7) is 4.17. The van der Waals surface area contributed by atoms with Crippen LogP contribution >= 0.6 is 47.1 Å². The topological polar surface area (TPSA) is 36.4 Å². The van der Waals surface area contributed by atoms with Crippen molar-refractivity contribution < 1.29 is 0 Å². The fourth-order valence-electron chi connectivity index (χ4n) is 2.05. The van der Waals surface area contributed by atoms with E-state index < -0.39 is 0 Å². The molecule has 6 heteroatoms. The fourth-order valence-corrected chi connectivity index (χ4v) is 3.94. The van der Waals surface area contributed by atoms with Crippen molar-refractivity contribution in [2.75, 3.05) is 19.3 Å². The van der Waals surface area contributed by atoms with Gasteiger partial charge in [-0.3, -0.25) is 4.99 Å². The predicted octanol–water partition coefficient (Wildman–Crippen LogP) is 3.32. The van der Waals surface area contributed by atoms with Gasteiger partial charge in [-0.05, 0) is 37.0 Å². The van der Waals surface area contributed by atoms with Crippen LogP contribution in [0, 0.1) is 0 Å². The minimum absolute atomic E-state index is 0. The number of rotatable bonds is 4. The summed E-state index contributed by atoms with van der Waals surface area (Å²) in [6.07, 6.45) is 2.64. The molecule has 0 bridgehead atoms. The van der Waals surface area contributed by atoms with E-state index in [9.17, 15) is 0 Å². The molecule has 0 radical (unpaired) electrons. The van der Waals surface area contributed by atoms with Crippen molar-refractivity contribution in [1.29, 1.82) is 0 Å². The molecule has 0 spiro atoms. The standard InChI is InChI=1S/C13H21N3S2.HI/c1-13(6-4-8-18-13)10-16-12(14-2)15-9-11-5-3-7-17-11;/h3,5,7H,4,6,8-10H2,1-2H3,(H2,14,15,16);1H. The SMILES string of the molecule is CN=C(NCc1cccs1)NCC1(C)CCCS1.I. The van der Waals surface area contributed by atoms with Crippen LogP contribution < -0.4 is 10.6 Å². The smallest absolute Gasteiger partial charge is 0.191 e. The predicted molar refractivity (Wildman–Crippen MR) is 98.0 cm³/mol. The molecule has 0 aromatic carbocycles. The first-order chi connectivity index (χ1) is 8.72. The fraction of sp³-hybridized carbons (Fsp3) is 0.615. The van der Waals surface area contributed by atoms with Gasteiger partial charge in [0.15, 0.2) is 5.96 Å². The summed E-state index contributed by atoms with van der Waals surface area (Å²) in [5.41, 5.74) is 0. The summed E-state index contributed by atoms with van der Waals surface area (Å²) >= 11 is 3.84. The highest BCUT2D eigenvalue weighted by atomic mass is 127. The minimum atomic E-state index is 0. The van der Waals surface area contributed by atoms with Crippen molar-refractivity contribution in [3.8, 4) is 0 Å². The molecule has 0 aliphatic carbocycles. The summed E-state index contributed by atoms with van der Waals surface area (Å²) in [7, 11) is 1.83. The van der Waals surface area contributed by atoms with Crippen LogP contribution in [0.5, 0.6) is 0 Å². The summed E-state index contributed by atoms with van der Waals surface area (Å²) in [4.78, 5) is 5.60. The van der Waals surface area contributed by atoms with E-state index in [2.05, 4.69) is 51.8 Å². The van der Waals surface area contributed by atoms with E-state index in [-0.39, 0.29) is 24.0 Å². The Bertz CT molecular complexity index is 387. The molecule has 0 amide bonds. The molecule has 1 unspecified atom stereocenters. The van der Waals surface area contributed by atoms with Crippen molar-refractivity contribution in [1.82, 2.24) is 10.6 Å². The summed E-state index contributed by atoms with van der Waals surface area (Å²) in [5, 5.41) is 8.89. The van der Waals surface area contributed by atoms with Crippen LogP contribution in [0.1, 0.15) is 24.6 Å². The van der Waals surface area contributed by atoms with Crippen molar-refractivity contribution in [3.63, 3.8) is 0 Å². The lowest BCUT2D eigenvalue weighted by atomic mass is 10.1. The van der Waals surface area contributed by atoms with E-state index in [1.54, 1.807) is 11.3 Å². The van der Waals surface area contributed by atoms with Crippen LogP contribution in [0.25, 0.3) is 0 Å². The van der Waals surface area contributed by atoms with E-state index in [0.717, 1.165) is 19.0 Å². The molecular weight excluding hydrogens is 389 g/mol. The Morgan fingerprint density at radius 2 is 2.32 bits per heavy atom. The zero-order chi connectivity index (χ0) is 12.8. The number of hydrogen-bond acceptors (Lipinski definition) is 3. The van der Waals surface area contributed by atoms with E-state index in [0.29, 0.717) is 4.75 Å². The van der Waals surface area contributed by atoms with Gasteiger partial charge >= 0.3 is 0 Å². The van der Waals surface area contributed by atoms with E-state index in [1.807, 2.05) is 7.05 Å². The molecule has 19 heavy (non-hydrogen) atoms. The largest absolute Gasteiger partial charge is 0.355 e. The second kappa shape index (κ2) is 8.36. The van der Waals surface area contributed by atoms with Gasteiger partial charge < -0.3 is 10.6 Å². The highest BCUT2D eigenvalue weighted by Gasteiger charge is 2.29. The highest BCUT2D eigenvalue weighted by molar-refractivity contribution is 14.0. The number of guanidine groups is 1. The van der Waals surface area contributed by atoms with E-state index >= 15 is 0 Å². The molecule has 1 aliphatic heterocycles. The zero-order valence-corrected chi connectivity index (χ0v) is 15.4. The Kier molecular flexibility index (Phi) is 7.53. The van der Waals surface area contributed by atoms with Crippen molar-refractivity contribution in [2.45, 2.75) is 31.1 Å². The number of halogens is 1. The third-order valence-electron chi connectivity index (χ3n) is 3.16. The molecule has 3 nitrogen and oxygen atoms in total. The molecule has 0 saturated carbocycles. The Morgan fingerprint density at radius 1 is 1.47 bits per heavy atom. The minimum Gasteiger partial charge on any atom is -0.355 e. The second-order valence-electron chi connectivity index (χ2n) is 4.76. The maximum Gasteiger partial charge on any atom is 0.191 e. The summed E-state index contributed by atoms with van der Waals surface area (Å²) in [5.74, 6) is 2.19. The van der Waals surface area contributed by atoms with Crippen LogP contribution in [-0.2, 0) is 6.54 Å². The van der Waals surface area contributed by atoms with Crippen LogP contribution in [0.3, 0.4) is 0 Å². The molecule has 1 fully saturated rings. The highest BCUT2D eigenvalue weighted by Crippen LogP contribution is 2.36. The second-order valence-corrected chi connectivity index (χ2v) is 7.48. The summed E-state index contributed by atoms with van der Waals surface area (Å²) in [6, 6.07) is 4.22. The van der Waals surface area contributed by atoms with Crippen molar-refractivity contribution in [3.05, 3.63) is 22.4 Å². The molecule has 1 saturated heterocycles. The number of thiophene rings is 1. The summed E-state index contributed by atoms with van der Waals surface area (Å²) < 4.78 is 0.376. The molecule has 1 atom stereocenters. The lowest BCUT2D eigenvalue weighted by Crippen LogP contribution is -2.43. The molecule has 2 rings (SSSR count). The average molecular weight is 411 g/mol. The maximum atomic E-state index is 4.27. The Labute approximate surface area is 141 Å². The normalized spacial score (nSPS) is 22.9. The van der Waals surface area contributed by atoms with Gasteiger partial charge in [-0.15, -0.1) is 35.3 Å². The first-order valence-corrected chi connectivity index (χ1v) is 8.19. The van der Waals surface area contributed by atoms with Gasteiger partial charge in [0.05, 0.1) is 6.54 Å². The lowest BCUT2D eigenvalue weighted by Gasteiger charge is -2.24. The van der Waals surface area contributed by atoms with Crippen LogP contribution in [0.2, 0.25) is 0 Å². The number of nitrogens with one attached hydrogen (secondary N) is 2. The van der Waals surface area contributed by atoms with Crippen molar-refractivity contribution >= 4 is 53.0 Å². The molecule has 2 heterocycles. The van der Waals surface area contributed by atoms with Gasteiger partial charge in [0, 0.05) is 23.2 Å².